The summed E-state index contributed by atoms with van der Waals surface area (Å²) in [6, 6.07) is 1.87. The largest absolute Gasteiger partial charge is 0.382 e. The minimum atomic E-state index is 0.565. The number of rotatable bonds is 3. The van der Waals surface area contributed by atoms with Gasteiger partial charge in [-0.15, -0.1) is 0 Å². The zero-order valence-corrected chi connectivity index (χ0v) is 9.01. The fraction of sp³-hybridized carbons (Fsp3) is 0.400. The first-order chi connectivity index (χ1) is 7.19. The summed E-state index contributed by atoms with van der Waals surface area (Å²) in [4.78, 5) is 0. The van der Waals surface area contributed by atoms with E-state index >= 15 is 0 Å². The molecule has 0 saturated carbocycles. The Kier molecular flexibility index (Phi) is 2.45. The Morgan fingerprint density at radius 1 is 1.47 bits per heavy atom. The highest BCUT2D eigenvalue weighted by Gasteiger charge is 2.03. The number of aromatic nitrogens is 4. The van der Waals surface area contributed by atoms with Gasteiger partial charge in [-0.3, -0.25) is 9.36 Å². The van der Waals surface area contributed by atoms with Gasteiger partial charge >= 0.3 is 0 Å². The summed E-state index contributed by atoms with van der Waals surface area (Å²) in [7, 11) is 0. The van der Waals surface area contributed by atoms with Gasteiger partial charge in [0.15, 0.2) is 0 Å². The summed E-state index contributed by atoms with van der Waals surface area (Å²) < 4.78 is 3.78. The van der Waals surface area contributed by atoms with E-state index in [-0.39, 0.29) is 0 Å². The lowest BCUT2D eigenvalue weighted by Gasteiger charge is -2.00. The summed E-state index contributed by atoms with van der Waals surface area (Å²) in [5.41, 5.74) is 7.82. The maximum absolute atomic E-state index is 5.61. The number of aryl methyl sites for hydroxylation is 2. The molecule has 2 rings (SSSR count). The summed E-state index contributed by atoms with van der Waals surface area (Å²) in [5, 5.41) is 8.41. The summed E-state index contributed by atoms with van der Waals surface area (Å²) in [6.07, 6.45) is 3.89. The summed E-state index contributed by atoms with van der Waals surface area (Å²) >= 11 is 0. The first kappa shape index (κ1) is 9.76. The van der Waals surface area contributed by atoms with Gasteiger partial charge in [0.1, 0.15) is 5.82 Å². The van der Waals surface area contributed by atoms with Crippen LogP contribution >= 0.6 is 0 Å². The van der Waals surface area contributed by atoms with Crippen LogP contribution in [0.5, 0.6) is 0 Å². The van der Waals surface area contributed by atoms with Crippen LogP contribution in [0.3, 0.4) is 0 Å². The van der Waals surface area contributed by atoms with Gasteiger partial charge in [-0.2, -0.15) is 10.2 Å². The molecule has 2 aromatic heterocycles. The number of nitrogens with two attached hydrogens (primary N) is 1. The van der Waals surface area contributed by atoms with Crippen LogP contribution in [0.25, 0.3) is 0 Å². The van der Waals surface area contributed by atoms with Crippen molar-refractivity contribution < 1.29 is 0 Å². The van der Waals surface area contributed by atoms with Crippen LogP contribution in [0.1, 0.15) is 18.2 Å². The van der Waals surface area contributed by atoms with Crippen LogP contribution in [0.15, 0.2) is 18.5 Å². The van der Waals surface area contributed by atoms with E-state index in [4.69, 9.17) is 5.73 Å². The minimum absolute atomic E-state index is 0.565. The van der Waals surface area contributed by atoms with Gasteiger partial charge < -0.3 is 5.73 Å². The molecule has 80 valence electrons. The minimum Gasteiger partial charge on any atom is -0.382 e. The molecular weight excluding hydrogens is 190 g/mol. The lowest BCUT2D eigenvalue weighted by Crippen LogP contribution is -2.03. The van der Waals surface area contributed by atoms with Crippen LogP contribution in [0.4, 0.5) is 5.82 Å². The highest BCUT2D eigenvalue weighted by Crippen LogP contribution is 2.07. The Balaban J connectivity index is 2.17. The zero-order valence-electron chi connectivity index (χ0n) is 9.01. The first-order valence-electron chi connectivity index (χ1n) is 5.00. The molecule has 0 aliphatic rings. The molecule has 0 aliphatic carbocycles. The molecule has 15 heavy (non-hydrogen) atoms. The molecule has 5 heteroatoms. The van der Waals surface area contributed by atoms with Gasteiger partial charge in [0.05, 0.1) is 12.7 Å². The smallest absolute Gasteiger partial charge is 0.145 e. The second-order valence-electron chi connectivity index (χ2n) is 3.57. The molecule has 0 saturated heterocycles. The van der Waals surface area contributed by atoms with Crippen molar-refractivity contribution in [3.8, 4) is 0 Å². The molecule has 0 aromatic carbocycles. The highest BCUT2D eigenvalue weighted by molar-refractivity contribution is 5.29. The van der Waals surface area contributed by atoms with Crippen molar-refractivity contribution in [2.24, 2.45) is 0 Å². The maximum atomic E-state index is 5.61. The Labute approximate surface area is 88.5 Å². The average Bonchev–Trinajstić information content (AvgIpc) is 2.75. The molecule has 0 spiro atoms. The fourth-order valence-corrected chi connectivity index (χ4v) is 1.53. The van der Waals surface area contributed by atoms with Crippen LogP contribution in [0.2, 0.25) is 0 Å². The predicted octanol–water partition coefficient (Wildman–Crippen LogP) is 1.04. The number of hydrogen-bond donors (Lipinski definition) is 1. The number of anilines is 1. The highest BCUT2D eigenvalue weighted by atomic mass is 15.3. The SMILES string of the molecule is CCn1cc(Cn2nc(N)cc2C)cn1. The molecule has 0 bridgehead atoms. The lowest BCUT2D eigenvalue weighted by atomic mass is 10.3. The van der Waals surface area contributed by atoms with Gasteiger partial charge in [0, 0.05) is 30.1 Å². The van der Waals surface area contributed by atoms with E-state index in [0.717, 1.165) is 24.3 Å². The van der Waals surface area contributed by atoms with Crippen LogP contribution in [0, 0.1) is 6.92 Å². The summed E-state index contributed by atoms with van der Waals surface area (Å²) in [5.74, 6) is 0.565. The molecule has 2 heterocycles. The van der Waals surface area contributed by atoms with Crippen molar-refractivity contribution in [1.29, 1.82) is 0 Å². The van der Waals surface area contributed by atoms with Crippen LogP contribution in [-0.4, -0.2) is 19.6 Å². The van der Waals surface area contributed by atoms with Gasteiger partial charge in [0.25, 0.3) is 0 Å². The zero-order chi connectivity index (χ0) is 10.8. The number of hydrogen-bond acceptors (Lipinski definition) is 3. The second-order valence-corrected chi connectivity index (χ2v) is 3.57. The van der Waals surface area contributed by atoms with E-state index in [1.165, 1.54) is 0 Å². The first-order valence-corrected chi connectivity index (χ1v) is 5.00. The van der Waals surface area contributed by atoms with Crippen molar-refractivity contribution >= 4 is 5.82 Å². The number of nitrogens with zero attached hydrogens (tertiary/aromatic N) is 4. The normalized spacial score (nSPS) is 10.8. The predicted molar refractivity (Wildman–Crippen MR) is 58.4 cm³/mol. The van der Waals surface area contributed by atoms with Crippen molar-refractivity contribution in [2.75, 3.05) is 5.73 Å². The van der Waals surface area contributed by atoms with Gasteiger partial charge in [-0.1, -0.05) is 0 Å². The molecule has 0 unspecified atom stereocenters. The molecule has 2 aromatic rings. The molecular formula is C10H15N5. The third-order valence-electron chi connectivity index (χ3n) is 2.34. The summed E-state index contributed by atoms with van der Waals surface area (Å²) in [6.45, 7) is 5.67. The second kappa shape index (κ2) is 3.76. The topological polar surface area (TPSA) is 61.7 Å². The molecule has 5 nitrogen and oxygen atoms in total. The van der Waals surface area contributed by atoms with Crippen molar-refractivity contribution in [2.45, 2.75) is 26.9 Å². The van der Waals surface area contributed by atoms with E-state index in [9.17, 15) is 0 Å². The molecule has 0 amide bonds. The monoisotopic (exact) mass is 205 g/mol. The van der Waals surface area contributed by atoms with E-state index in [1.54, 1.807) is 0 Å². The van der Waals surface area contributed by atoms with E-state index in [1.807, 2.05) is 34.7 Å². The van der Waals surface area contributed by atoms with Crippen molar-refractivity contribution in [3.05, 3.63) is 29.7 Å². The molecule has 0 radical (unpaired) electrons. The van der Waals surface area contributed by atoms with Gasteiger partial charge in [-0.05, 0) is 13.8 Å². The van der Waals surface area contributed by atoms with Crippen molar-refractivity contribution in [1.82, 2.24) is 19.6 Å². The quantitative estimate of drug-likeness (QED) is 0.814. The Hall–Kier alpha value is -1.78. The number of nitrogen functional groups attached to an aromatic ring is 1. The van der Waals surface area contributed by atoms with E-state index < -0.39 is 0 Å². The standard InChI is InChI=1S/C10H15N5/c1-3-14-6-9(5-12-14)7-15-8(2)4-10(11)13-15/h4-6H,3,7H2,1-2H3,(H2,11,13). The molecule has 2 N–H and O–H groups in total. The van der Waals surface area contributed by atoms with E-state index in [0.29, 0.717) is 5.82 Å². The van der Waals surface area contributed by atoms with E-state index in [2.05, 4.69) is 17.1 Å². The van der Waals surface area contributed by atoms with Gasteiger partial charge in [0.2, 0.25) is 0 Å². The fourth-order valence-electron chi connectivity index (χ4n) is 1.53. The maximum Gasteiger partial charge on any atom is 0.145 e. The molecule has 0 fully saturated rings. The van der Waals surface area contributed by atoms with Gasteiger partial charge in [-0.25, -0.2) is 0 Å². The third kappa shape index (κ3) is 2.01. The van der Waals surface area contributed by atoms with Crippen molar-refractivity contribution in [3.63, 3.8) is 0 Å². The Bertz CT molecular complexity index is 454. The average molecular weight is 205 g/mol. The molecule has 0 atom stereocenters. The lowest BCUT2D eigenvalue weighted by molar-refractivity contribution is 0.651. The third-order valence-corrected chi connectivity index (χ3v) is 2.34. The van der Waals surface area contributed by atoms with Crippen LogP contribution in [-0.2, 0) is 13.1 Å². The Morgan fingerprint density at radius 3 is 2.80 bits per heavy atom. The Morgan fingerprint density at radius 2 is 2.27 bits per heavy atom. The van der Waals surface area contributed by atoms with Crippen LogP contribution < -0.4 is 5.73 Å². The molecule has 0 aliphatic heterocycles.